The minimum atomic E-state index is -0.345. The summed E-state index contributed by atoms with van der Waals surface area (Å²) in [4.78, 5) is 35.6. The van der Waals surface area contributed by atoms with E-state index in [4.69, 9.17) is 0 Å². The van der Waals surface area contributed by atoms with E-state index in [0.717, 1.165) is 5.69 Å². The molecule has 0 bridgehead atoms. The number of imidazole rings is 1. The highest BCUT2D eigenvalue weighted by molar-refractivity contribution is 5.94. The van der Waals surface area contributed by atoms with Gasteiger partial charge in [-0.15, -0.1) is 0 Å². The number of rotatable bonds is 5. The summed E-state index contributed by atoms with van der Waals surface area (Å²) in [6, 6.07) is 7.67. The highest BCUT2D eigenvalue weighted by Gasteiger charge is 2.15. The molecule has 27 heavy (non-hydrogen) atoms. The summed E-state index contributed by atoms with van der Waals surface area (Å²) < 4.78 is 14.6. The molecule has 1 aromatic carbocycles. The van der Waals surface area contributed by atoms with Gasteiger partial charge in [0, 0.05) is 35.7 Å². The molecular weight excluding hydrogens is 349 g/mol. The van der Waals surface area contributed by atoms with Gasteiger partial charge >= 0.3 is 5.69 Å². The lowest BCUT2D eigenvalue weighted by molar-refractivity contribution is 0.0947. The predicted molar refractivity (Wildman–Crippen MR) is 99.0 cm³/mol. The number of aromatic nitrogens is 4. The van der Waals surface area contributed by atoms with Gasteiger partial charge in [0.05, 0.1) is 0 Å². The van der Waals surface area contributed by atoms with Gasteiger partial charge < -0.3 is 10.3 Å². The maximum absolute atomic E-state index is 13.0. The molecule has 0 saturated heterocycles. The van der Waals surface area contributed by atoms with Gasteiger partial charge in [0.15, 0.2) is 0 Å². The molecule has 0 saturated carbocycles. The van der Waals surface area contributed by atoms with Gasteiger partial charge in [-0.3, -0.25) is 9.36 Å². The van der Waals surface area contributed by atoms with Gasteiger partial charge in [0.1, 0.15) is 17.3 Å². The molecule has 2 N–H and O–H groups in total. The number of aromatic amines is 1. The molecule has 140 valence electrons. The molecule has 0 spiro atoms. The fourth-order valence-electron chi connectivity index (χ4n) is 2.84. The number of amides is 1. The summed E-state index contributed by atoms with van der Waals surface area (Å²) in [5.41, 5.74) is 2.68. The van der Waals surface area contributed by atoms with Crippen LogP contribution in [-0.2, 0) is 6.54 Å². The fraction of sp³-hybridized carbons (Fsp3) is 0.263. The first-order valence-corrected chi connectivity index (χ1v) is 8.51. The van der Waals surface area contributed by atoms with Crippen LogP contribution in [0.1, 0.15) is 27.6 Å². The van der Waals surface area contributed by atoms with Crippen molar-refractivity contribution < 1.29 is 9.18 Å². The van der Waals surface area contributed by atoms with Crippen molar-refractivity contribution in [1.82, 2.24) is 24.8 Å². The van der Waals surface area contributed by atoms with E-state index in [1.807, 2.05) is 13.0 Å². The lowest BCUT2D eigenvalue weighted by Crippen LogP contribution is -2.33. The number of benzene rings is 1. The van der Waals surface area contributed by atoms with Crippen LogP contribution in [0.4, 0.5) is 4.39 Å². The summed E-state index contributed by atoms with van der Waals surface area (Å²) in [6.45, 7) is 5.91. The quantitative estimate of drug-likeness (QED) is 0.721. The van der Waals surface area contributed by atoms with Gasteiger partial charge in [-0.05, 0) is 51.1 Å². The summed E-state index contributed by atoms with van der Waals surface area (Å²) in [6.07, 6.45) is 0. The molecule has 7 nitrogen and oxygen atoms in total. The average molecular weight is 369 g/mol. The van der Waals surface area contributed by atoms with Gasteiger partial charge in [-0.1, -0.05) is 0 Å². The van der Waals surface area contributed by atoms with Crippen molar-refractivity contribution in [3.8, 4) is 11.4 Å². The lowest BCUT2D eigenvalue weighted by Gasteiger charge is -2.10. The Morgan fingerprint density at radius 3 is 2.56 bits per heavy atom. The number of aryl methyl sites for hydroxylation is 3. The molecule has 0 aliphatic heterocycles. The first kappa shape index (κ1) is 18.5. The highest BCUT2D eigenvalue weighted by atomic mass is 19.1. The molecule has 8 heteroatoms. The number of carbonyl (C=O) groups is 1. The number of H-pyrrole nitrogens is 1. The number of carbonyl (C=O) groups excluding carboxylic acids is 1. The summed E-state index contributed by atoms with van der Waals surface area (Å²) in [7, 11) is 0. The Kier molecular flexibility index (Phi) is 5.16. The molecule has 3 rings (SSSR count). The summed E-state index contributed by atoms with van der Waals surface area (Å²) >= 11 is 0. The minimum Gasteiger partial charge on any atom is -0.349 e. The number of hydrogen-bond donors (Lipinski definition) is 2. The van der Waals surface area contributed by atoms with E-state index >= 15 is 0 Å². The Balaban J connectivity index is 1.68. The number of nitrogens with zero attached hydrogens (tertiary/aromatic N) is 3. The average Bonchev–Trinajstić information content (AvgIpc) is 2.99. The zero-order valence-electron chi connectivity index (χ0n) is 15.3. The van der Waals surface area contributed by atoms with Crippen molar-refractivity contribution in [3.63, 3.8) is 0 Å². The fourth-order valence-corrected chi connectivity index (χ4v) is 2.84. The van der Waals surface area contributed by atoms with E-state index in [1.54, 1.807) is 26.0 Å². The van der Waals surface area contributed by atoms with Crippen molar-refractivity contribution in [2.45, 2.75) is 27.3 Å². The van der Waals surface area contributed by atoms with Crippen LogP contribution in [0.5, 0.6) is 0 Å². The number of hydrogen-bond acceptors (Lipinski definition) is 4. The second kappa shape index (κ2) is 7.53. The molecule has 0 atom stereocenters. The largest absolute Gasteiger partial charge is 0.349 e. The van der Waals surface area contributed by atoms with Crippen molar-refractivity contribution in [2.75, 3.05) is 6.54 Å². The van der Waals surface area contributed by atoms with E-state index in [0.29, 0.717) is 29.3 Å². The van der Waals surface area contributed by atoms with Gasteiger partial charge in [0.2, 0.25) is 0 Å². The monoisotopic (exact) mass is 369 g/mol. The molecule has 3 aromatic rings. The third-order valence-corrected chi connectivity index (χ3v) is 4.18. The van der Waals surface area contributed by atoms with Crippen LogP contribution in [0.2, 0.25) is 0 Å². The van der Waals surface area contributed by atoms with Crippen LogP contribution in [0.3, 0.4) is 0 Å². The smallest absolute Gasteiger partial charge is 0.348 e. The molecular formula is C19H20FN5O2. The van der Waals surface area contributed by atoms with E-state index in [1.165, 1.54) is 16.7 Å². The molecule has 0 fully saturated rings. The Morgan fingerprint density at radius 2 is 1.89 bits per heavy atom. The van der Waals surface area contributed by atoms with E-state index < -0.39 is 0 Å². The Labute approximate surface area is 155 Å². The predicted octanol–water partition coefficient (Wildman–Crippen LogP) is 2.13. The highest BCUT2D eigenvalue weighted by Crippen LogP contribution is 2.18. The SMILES string of the molecule is Cc1cc(C)n(CCNC(=O)c2nc(-c3ccc(F)cc3)[nH]c2C)c(=O)n1. The first-order chi connectivity index (χ1) is 12.8. The molecule has 0 aliphatic carbocycles. The van der Waals surface area contributed by atoms with E-state index in [-0.39, 0.29) is 29.7 Å². The zero-order valence-corrected chi connectivity index (χ0v) is 15.3. The van der Waals surface area contributed by atoms with Gasteiger partial charge in [0.25, 0.3) is 5.91 Å². The molecule has 1 amide bonds. The molecule has 2 heterocycles. The zero-order chi connectivity index (χ0) is 19.6. The van der Waals surface area contributed by atoms with Crippen LogP contribution < -0.4 is 11.0 Å². The van der Waals surface area contributed by atoms with Crippen LogP contribution in [0.15, 0.2) is 35.1 Å². The maximum Gasteiger partial charge on any atom is 0.348 e. The summed E-state index contributed by atoms with van der Waals surface area (Å²) in [5.74, 6) is -0.188. The lowest BCUT2D eigenvalue weighted by atomic mass is 10.2. The second-order valence-corrected chi connectivity index (χ2v) is 6.29. The molecule has 2 aromatic heterocycles. The third-order valence-electron chi connectivity index (χ3n) is 4.18. The van der Waals surface area contributed by atoms with Gasteiger partial charge in [-0.2, -0.15) is 4.98 Å². The topological polar surface area (TPSA) is 92.7 Å². The normalized spacial score (nSPS) is 10.8. The Bertz CT molecular complexity index is 1040. The molecule has 0 unspecified atom stereocenters. The van der Waals surface area contributed by atoms with Crippen LogP contribution in [0, 0.1) is 26.6 Å². The maximum atomic E-state index is 13.0. The number of nitrogens with one attached hydrogen (secondary N) is 2. The Hall–Kier alpha value is -3.29. The summed E-state index contributed by atoms with van der Waals surface area (Å²) in [5, 5.41) is 2.76. The van der Waals surface area contributed by atoms with Crippen molar-refractivity contribution in [2.24, 2.45) is 0 Å². The van der Waals surface area contributed by atoms with Crippen LogP contribution >= 0.6 is 0 Å². The van der Waals surface area contributed by atoms with Crippen molar-refractivity contribution in [1.29, 1.82) is 0 Å². The number of halogens is 1. The van der Waals surface area contributed by atoms with Gasteiger partial charge in [-0.25, -0.2) is 14.2 Å². The van der Waals surface area contributed by atoms with E-state index in [9.17, 15) is 14.0 Å². The minimum absolute atomic E-state index is 0.264. The first-order valence-electron chi connectivity index (χ1n) is 8.51. The Morgan fingerprint density at radius 1 is 1.19 bits per heavy atom. The second-order valence-electron chi connectivity index (χ2n) is 6.29. The van der Waals surface area contributed by atoms with Crippen molar-refractivity contribution >= 4 is 5.91 Å². The molecule has 0 radical (unpaired) electrons. The standard InChI is InChI=1S/C19H20FN5O2/c1-11-10-12(2)25(19(27)22-11)9-8-21-18(26)16-13(3)23-17(24-16)14-4-6-15(20)7-5-14/h4-7,10H,8-9H2,1-3H3,(H,21,26)(H,23,24). The third kappa shape index (κ3) is 4.11. The van der Waals surface area contributed by atoms with Crippen LogP contribution in [0.25, 0.3) is 11.4 Å². The van der Waals surface area contributed by atoms with Crippen LogP contribution in [-0.4, -0.2) is 32.0 Å². The van der Waals surface area contributed by atoms with Crippen molar-refractivity contribution in [3.05, 3.63) is 69.4 Å². The van der Waals surface area contributed by atoms with E-state index in [2.05, 4.69) is 20.3 Å². The molecule has 0 aliphatic rings.